The molecule has 0 saturated heterocycles. The maximum Gasteiger partial charge on any atom is 0.276 e. The SMILES string of the molecule is Cc1ccc(C)c(NC(=O)c2ccc(Nc3ccccc3F)nn2)c1. The Balaban J connectivity index is 1.72. The zero-order chi connectivity index (χ0) is 17.8. The first-order valence-corrected chi connectivity index (χ1v) is 7.77. The Morgan fingerprint density at radius 2 is 1.76 bits per heavy atom. The van der Waals surface area contributed by atoms with Crippen molar-refractivity contribution in [2.45, 2.75) is 13.8 Å². The molecule has 0 spiro atoms. The standard InChI is InChI=1S/C19H17FN4O/c1-12-7-8-13(2)17(11-12)22-19(25)16-9-10-18(24-23-16)21-15-6-4-3-5-14(15)20/h3-11H,1-2H3,(H,21,24)(H,22,25). The van der Waals surface area contributed by atoms with Crippen molar-refractivity contribution in [1.82, 2.24) is 10.2 Å². The number of aryl methyl sites for hydroxylation is 2. The summed E-state index contributed by atoms with van der Waals surface area (Å²) in [6.45, 7) is 3.88. The molecule has 0 unspecified atom stereocenters. The van der Waals surface area contributed by atoms with E-state index in [4.69, 9.17) is 0 Å². The highest BCUT2D eigenvalue weighted by Crippen LogP contribution is 2.19. The van der Waals surface area contributed by atoms with Gasteiger partial charge in [-0.3, -0.25) is 4.79 Å². The zero-order valence-corrected chi connectivity index (χ0v) is 13.9. The van der Waals surface area contributed by atoms with Gasteiger partial charge in [-0.1, -0.05) is 24.3 Å². The molecule has 2 aromatic carbocycles. The molecule has 3 aromatic rings. The summed E-state index contributed by atoms with van der Waals surface area (Å²) in [4.78, 5) is 12.3. The molecule has 0 aliphatic rings. The van der Waals surface area contributed by atoms with E-state index in [0.717, 1.165) is 16.8 Å². The fraction of sp³-hybridized carbons (Fsp3) is 0.105. The number of hydrogen-bond acceptors (Lipinski definition) is 4. The van der Waals surface area contributed by atoms with Crippen LogP contribution in [-0.4, -0.2) is 16.1 Å². The molecular weight excluding hydrogens is 319 g/mol. The molecule has 0 aliphatic carbocycles. The molecule has 126 valence electrons. The van der Waals surface area contributed by atoms with Crippen molar-refractivity contribution in [2.75, 3.05) is 10.6 Å². The highest BCUT2D eigenvalue weighted by Gasteiger charge is 2.11. The Morgan fingerprint density at radius 1 is 0.960 bits per heavy atom. The number of nitrogens with zero attached hydrogens (tertiary/aromatic N) is 2. The lowest BCUT2D eigenvalue weighted by Gasteiger charge is -2.09. The number of rotatable bonds is 4. The maximum absolute atomic E-state index is 13.6. The lowest BCUT2D eigenvalue weighted by atomic mass is 10.1. The Labute approximate surface area is 144 Å². The predicted molar refractivity (Wildman–Crippen MR) is 95.6 cm³/mol. The number of carbonyl (C=O) groups excluding carboxylic acids is 1. The van der Waals surface area contributed by atoms with Gasteiger partial charge < -0.3 is 10.6 Å². The first-order chi connectivity index (χ1) is 12.0. The van der Waals surface area contributed by atoms with Crippen LogP contribution in [0.4, 0.5) is 21.6 Å². The van der Waals surface area contributed by atoms with Gasteiger partial charge >= 0.3 is 0 Å². The quantitative estimate of drug-likeness (QED) is 0.748. The van der Waals surface area contributed by atoms with E-state index in [0.29, 0.717) is 11.5 Å². The topological polar surface area (TPSA) is 66.9 Å². The largest absolute Gasteiger partial charge is 0.336 e. The molecule has 2 N–H and O–H groups in total. The number of halogens is 1. The molecule has 0 fully saturated rings. The van der Waals surface area contributed by atoms with Gasteiger partial charge in [0, 0.05) is 5.69 Å². The van der Waals surface area contributed by atoms with Crippen LogP contribution in [-0.2, 0) is 0 Å². The van der Waals surface area contributed by atoms with E-state index in [2.05, 4.69) is 20.8 Å². The fourth-order valence-electron chi connectivity index (χ4n) is 2.28. The maximum atomic E-state index is 13.6. The minimum absolute atomic E-state index is 0.181. The normalized spacial score (nSPS) is 10.4. The number of para-hydroxylation sites is 1. The van der Waals surface area contributed by atoms with Gasteiger partial charge in [-0.05, 0) is 55.3 Å². The molecule has 5 nitrogen and oxygen atoms in total. The first-order valence-electron chi connectivity index (χ1n) is 7.77. The number of nitrogens with one attached hydrogen (secondary N) is 2. The molecule has 0 saturated carbocycles. The van der Waals surface area contributed by atoms with Crippen LogP contribution in [0, 0.1) is 19.7 Å². The predicted octanol–water partition coefficient (Wildman–Crippen LogP) is 4.23. The lowest BCUT2D eigenvalue weighted by molar-refractivity contribution is 0.102. The van der Waals surface area contributed by atoms with Crippen molar-refractivity contribution >= 4 is 23.1 Å². The van der Waals surface area contributed by atoms with E-state index in [1.807, 2.05) is 32.0 Å². The Morgan fingerprint density at radius 3 is 2.48 bits per heavy atom. The third-order valence-corrected chi connectivity index (χ3v) is 3.68. The molecule has 0 atom stereocenters. The van der Waals surface area contributed by atoms with Crippen molar-refractivity contribution < 1.29 is 9.18 Å². The summed E-state index contributed by atoms with van der Waals surface area (Å²) in [6.07, 6.45) is 0. The summed E-state index contributed by atoms with van der Waals surface area (Å²) in [5.41, 5.74) is 3.23. The lowest BCUT2D eigenvalue weighted by Crippen LogP contribution is -2.15. The second-order valence-electron chi connectivity index (χ2n) is 5.68. The van der Waals surface area contributed by atoms with Crippen molar-refractivity contribution in [3.8, 4) is 0 Å². The summed E-state index contributed by atoms with van der Waals surface area (Å²) in [6, 6.07) is 15.2. The minimum atomic E-state index is -0.388. The second kappa shape index (κ2) is 7.09. The van der Waals surface area contributed by atoms with Gasteiger partial charge in [-0.25, -0.2) is 4.39 Å². The van der Waals surface area contributed by atoms with E-state index < -0.39 is 0 Å². The number of aromatic nitrogens is 2. The number of hydrogen-bond donors (Lipinski definition) is 2. The Hall–Kier alpha value is -3.28. The highest BCUT2D eigenvalue weighted by atomic mass is 19.1. The van der Waals surface area contributed by atoms with Gasteiger partial charge in [0.1, 0.15) is 5.82 Å². The Kier molecular flexibility index (Phi) is 4.70. The van der Waals surface area contributed by atoms with Crippen LogP contribution < -0.4 is 10.6 Å². The zero-order valence-electron chi connectivity index (χ0n) is 13.9. The minimum Gasteiger partial charge on any atom is -0.336 e. The Bertz CT molecular complexity index is 910. The van der Waals surface area contributed by atoms with E-state index in [-0.39, 0.29) is 17.4 Å². The van der Waals surface area contributed by atoms with E-state index in [9.17, 15) is 9.18 Å². The summed E-state index contributed by atoms with van der Waals surface area (Å²) >= 11 is 0. The second-order valence-corrected chi connectivity index (χ2v) is 5.68. The summed E-state index contributed by atoms with van der Waals surface area (Å²) in [7, 11) is 0. The molecule has 0 radical (unpaired) electrons. The smallest absolute Gasteiger partial charge is 0.276 e. The van der Waals surface area contributed by atoms with Gasteiger partial charge in [0.2, 0.25) is 0 Å². The van der Waals surface area contributed by atoms with Crippen LogP contribution in [0.3, 0.4) is 0 Å². The average molecular weight is 336 g/mol. The molecule has 1 amide bonds. The van der Waals surface area contributed by atoms with Gasteiger partial charge in [0.15, 0.2) is 11.5 Å². The van der Waals surface area contributed by atoms with Gasteiger partial charge in [0.05, 0.1) is 5.69 Å². The van der Waals surface area contributed by atoms with E-state index >= 15 is 0 Å². The van der Waals surface area contributed by atoms with Crippen LogP contribution in [0.5, 0.6) is 0 Å². The molecule has 0 aliphatic heterocycles. The van der Waals surface area contributed by atoms with Crippen LogP contribution in [0.15, 0.2) is 54.6 Å². The third kappa shape index (κ3) is 3.98. The molecule has 1 aromatic heterocycles. The van der Waals surface area contributed by atoms with Crippen LogP contribution in [0.25, 0.3) is 0 Å². The van der Waals surface area contributed by atoms with Crippen molar-refractivity contribution in [2.24, 2.45) is 0 Å². The number of benzene rings is 2. The number of carbonyl (C=O) groups is 1. The van der Waals surface area contributed by atoms with Crippen molar-refractivity contribution in [3.63, 3.8) is 0 Å². The summed E-state index contributed by atoms with van der Waals surface area (Å²) in [5, 5.41) is 13.5. The average Bonchev–Trinajstić information content (AvgIpc) is 2.61. The molecular formula is C19H17FN4O. The van der Waals surface area contributed by atoms with Crippen LogP contribution >= 0.6 is 0 Å². The molecule has 0 bridgehead atoms. The number of anilines is 3. The third-order valence-electron chi connectivity index (χ3n) is 3.68. The fourth-order valence-corrected chi connectivity index (χ4v) is 2.28. The van der Waals surface area contributed by atoms with E-state index in [1.54, 1.807) is 24.3 Å². The highest BCUT2D eigenvalue weighted by molar-refractivity contribution is 6.03. The first kappa shape index (κ1) is 16.6. The van der Waals surface area contributed by atoms with Gasteiger partial charge in [-0.2, -0.15) is 0 Å². The van der Waals surface area contributed by atoms with Crippen LogP contribution in [0.2, 0.25) is 0 Å². The summed E-state index contributed by atoms with van der Waals surface area (Å²) < 4.78 is 13.6. The molecule has 1 heterocycles. The van der Waals surface area contributed by atoms with Crippen LogP contribution in [0.1, 0.15) is 21.6 Å². The number of amides is 1. The van der Waals surface area contributed by atoms with Crippen molar-refractivity contribution in [3.05, 3.63) is 77.2 Å². The summed E-state index contributed by atoms with van der Waals surface area (Å²) in [5.74, 6) is -0.381. The molecule has 6 heteroatoms. The molecule has 25 heavy (non-hydrogen) atoms. The van der Waals surface area contributed by atoms with Gasteiger partial charge in [0.25, 0.3) is 5.91 Å². The van der Waals surface area contributed by atoms with Crippen molar-refractivity contribution in [1.29, 1.82) is 0 Å². The van der Waals surface area contributed by atoms with E-state index in [1.165, 1.54) is 12.1 Å². The van der Waals surface area contributed by atoms with Gasteiger partial charge in [-0.15, -0.1) is 10.2 Å². The monoisotopic (exact) mass is 336 g/mol. The molecule has 3 rings (SSSR count).